The number of carbonyl (C=O) groups is 1. The molecule has 1 heterocycles. The maximum Gasteiger partial charge on any atom is 0.256 e. The van der Waals surface area contributed by atoms with Gasteiger partial charge in [-0.25, -0.2) is 4.39 Å². The lowest BCUT2D eigenvalue weighted by Crippen LogP contribution is -2.57. The van der Waals surface area contributed by atoms with E-state index in [0.29, 0.717) is 30.7 Å². The molecule has 1 aromatic carbocycles. The van der Waals surface area contributed by atoms with Crippen LogP contribution in [-0.2, 0) is 11.3 Å². The number of methoxy groups -OCH3 is 1. The van der Waals surface area contributed by atoms with E-state index in [1.165, 1.54) is 18.1 Å². The Kier molecular flexibility index (Phi) is 6.57. The van der Waals surface area contributed by atoms with Crippen molar-refractivity contribution in [2.75, 3.05) is 26.7 Å². The Morgan fingerprint density at radius 1 is 1.46 bits per heavy atom. The Labute approximate surface area is 142 Å². The van der Waals surface area contributed by atoms with Gasteiger partial charge in [-0.15, -0.1) is 0 Å². The van der Waals surface area contributed by atoms with Crippen LogP contribution in [-0.4, -0.2) is 48.3 Å². The van der Waals surface area contributed by atoms with E-state index in [1.807, 2.05) is 0 Å². The molecule has 1 fully saturated rings. The van der Waals surface area contributed by atoms with Gasteiger partial charge in [0, 0.05) is 25.2 Å². The highest BCUT2D eigenvalue weighted by Gasteiger charge is 2.41. The third-order valence-corrected chi connectivity index (χ3v) is 4.44. The number of unbranched alkanes of at least 4 members (excludes halogenated alkanes) is 1. The van der Waals surface area contributed by atoms with Gasteiger partial charge in [0.2, 0.25) is 0 Å². The van der Waals surface area contributed by atoms with Crippen molar-refractivity contribution in [1.82, 2.24) is 10.2 Å². The summed E-state index contributed by atoms with van der Waals surface area (Å²) >= 11 is 0. The van der Waals surface area contributed by atoms with E-state index >= 15 is 0 Å². The summed E-state index contributed by atoms with van der Waals surface area (Å²) in [4.78, 5) is 14.2. The number of aliphatic hydroxyl groups is 1. The maximum absolute atomic E-state index is 14.0. The number of rotatable bonds is 8. The summed E-state index contributed by atoms with van der Waals surface area (Å²) < 4.78 is 19.1. The third-order valence-electron chi connectivity index (χ3n) is 4.44. The average Bonchev–Trinajstić information content (AvgIpc) is 2.58. The molecule has 1 atom stereocenters. The summed E-state index contributed by atoms with van der Waals surface area (Å²) in [6.45, 7) is 3.76. The fraction of sp³-hybridized carbons (Fsp3) is 0.611. The first-order valence-electron chi connectivity index (χ1n) is 8.55. The van der Waals surface area contributed by atoms with Crippen LogP contribution in [0.15, 0.2) is 18.2 Å². The number of carbonyl (C=O) groups excluding carboxylic acids is 1. The minimum atomic E-state index is -1.40. The van der Waals surface area contributed by atoms with Crippen LogP contribution in [0.5, 0.6) is 5.75 Å². The van der Waals surface area contributed by atoms with Gasteiger partial charge in [-0.05, 0) is 44.0 Å². The number of nitrogens with one attached hydrogen (secondary N) is 1. The first-order chi connectivity index (χ1) is 11.5. The molecule has 6 heteroatoms. The van der Waals surface area contributed by atoms with E-state index in [-0.39, 0.29) is 24.8 Å². The zero-order valence-electron chi connectivity index (χ0n) is 14.5. The number of likely N-dealkylation sites (tertiary alicyclic amines) is 1. The Hall–Kier alpha value is -1.66. The fourth-order valence-corrected chi connectivity index (χ4v) is 2.98. The normalized spacial score (nSPS) is 21.2. The van der Waals surface area contributed by atoms with E-state index < -0.39 is 5.60 Å². The molecule has 0 radical (unpaired) electrons. The van der Waals surface area contributed by atoms with E-state index in [4.69, 9.17) is 4.74 Å². The first-order valence-corrected chi connectivity index (χ1v) is 8.55. The second-order valence-corrected chi connectivity index (χ2v) is 6.35. The Bertz CT molecular complexity index is 567. The lowest BCUT2D eigenvalue weighted by atomic mass is 9.91. The van der Waals surface area contributed by atoms with E-state index in [1.54, 1.807) is 12.1 Å². The summed E-state index contributed by atoms with van der Waals surface area (Å²) in [6.07, 6.45) is 3.19. The Morgan fingerprint density at radius 2 is 2.25 bits per heavy atom. The highest BCUT2D eigenvalue weighted by molar-refractivity contribution is 5.86. The van der Waals surface area contributed by atoms with Gasteiger partial charge < -0.3 is 20.1 Å². The van der Waals surface area contributed by atoms with Crippen LogP contribution in [0.4, 0.5) is 4.39 Å². The van der Waals surface area contributed by atoms with Crippen LogP contribution < -0.4 is 10.1 Å². The van der Waals surface area contributed by atoms with Gasteiger partial charge in [-0.1, -0.05) is 13.3 Å². The lowest BCUT2D eigenvalue weighted by molar-refractivity contribution is -0.157. The van der Waals surface area contributed by atoms with Crippen LogP contribution in [0.3, 0.4) is 0 Å². The van der Waals surface area contributed by atoms with Crippen molar-refractivity contribution >= 4 is 5.91 Å². The van der Waals surface area contributed by atoms with Gasteiger partial charge in [0.05, 0.1) is 7.11 Å². The number of benzene rings is 1. The lowest BCUT2D eigenvalue weighted by Gasteiger charge is -2.38. The largest absolute Gasteiger partial charge is 0.497 e. The molecule has 1 aliphatic rings. The van der Waals surface area contributed by atoms with Crippen LogP contribution in [0.1, 0.15) is 38.2 Å². The van der Waals surface area contributed by atoms with E-state index in [2.05, 4.69) is 12.2 Å². The summed E-state index contributed by atoms with van der Waals surface area (Å²) in [5.41, 5.74) is -1.01. The van der Waals surface area contributed by atoms with Crippen molar-refractivity contribution < 1.29 is 19.0 Å². The average molecular weight is 338 g/mol. The van der Waals surface area contributed by atoms with Crippen molar-refractivity contribution in [2.45, 2.75) is 44.8 Å². The monoisotopic (exact) mass is 338 g/mol. The maximum atomic E-state index is 14.0. The molecule has 24 heavy (non-hydrogen) atoms. The van der Waals surface area contributed by atoms with Crippen LogP contribution in [0.2, 0.25) is 0 Å². The van der Waals surface area contributed by atoms with Gasteiger partial charge in [0.1, 0.15) is 11.6 Å². The molecule has 0 aromatic heterocycles. The molecule has 1 aliphatic heterocycles. The number of halogens is 1. The third kappa shape index (κ3) is 4.45. The second-order valence-electron chi connectivity index (χ2n) is 6.35. The van der Waals surface area contributed by atoms with Crippen molar-refractivity contribution in [3.05, 3.63) is 29.6 Å². The number of piperidine rings is 1. The topological polar surface area (TPSA) is 61.8 Å². The minimum Gasteiger partial charge on any atom is -0.497 e. The molecule has 0 aliphatic carbocycles. The van der Waals surface area contributed by atoms with Gasteiger partial charge >= 0.3 is 0 Å². The summed E-state index contributed by atoms with van der Waals surface area (Å²) in [5, 5.41) is 13.8. The molecule has 2 rings (SSSR count). The highest BCUT2D eigenvalue weighted by atomic mass is 19.1. The first kappa shape index (κ1) is 18.7. The molecule has 1 aromatic rings. The minimum absolute atomic E-state index is 0.138. The number of hydrogen-bond acceptors (Lipinski definition) is 4. The molecular formula is C18H27FN2O3. The molecule has 0 spiro atoms. The molecule has 5 nitrogen and oxygen atoms in total. The number of nitrogens with zero attached hydrogens (tertiary/aromatic N) is 1. The van der Waals surface area contributed by atoms with E-state index in [0.717, 1.165) is 19.4 Å². The SMILES string of the molecule is CCCCNCC1(O)CCCN(Cc2cc(OC)ccc2F)C1=O. The van der Waals surface area contributed by atoms with Crippen molar-refractivity contribution in [1.29, 1.82) is 0 Å². The second kappa shape index (κ2) is 8.44. The molecule has 134 valence electrons. The fourth-order valence-electron chi connectivity index (χ4n) is 2.98. The Morgan fingerprint density at radius 3 is 2.96 bits per heavy atom. The number of hydrogen-bond donors (Lipinski definition) is 2. The van der Waals surface area contributed by atoms with Crippen molar-refractivity contribution in [3.63, 3.8) is 0 Å². The van der Waals surface area contributed by atoms with Gasteiger partial charge in [-0.3, -0.25) is 4.79 Å². The quantitative estimate of drug-likeness (QED) is 0.713. The van der Waals surface area contributed by atoms with Gasteiger partial charge in [-0.2, -0.15) is 0 Å². The van der Waals surface area contributed by atoms with Crippen LogP contribution >= 0.6 is 0 Å². The predicted octanol–water partition coefficient (Wildman–Crippen LogP) is 2.08. The smallest absolute Gasteiger partial charge is 0.256 e. The number of amides is 1. The van der Waals surface area contributed by atoms with E-state index in [9.17, 15) is 14.3 Å². The highest BCUT2D eigenvalue weighted by Crippen LogP contribution is 2.25. The van der Waals surface area contributed by atoms with Crippen LogP contribution in [0, 0.1) is 5.82 Å². The number of ether oxygens (including phenoxy) is 1. The summed E-state index contributed by atoms with van der Waals surface area (Å²) in [5.74, 6) is -0.161. The molecule has 2 N–H and O–H groups in total. The molecule has 1 amide bonds. The van der Waals surface area contributed by atoms with Gasteiger partial charge in [0.15, 0.2) is 5.60 Å². The summed E-state index contributed by atoms with van der Waals surface area (Å²) in [7, 11) is 1.52. The molecule has 0 saturated carbocycles. The summed E-state index contributed by atoms with van der Waals surface area (Å²) in [6, 6.07) is 4.47. The van der Waals surface area contributed by atoms with Crippen molar-refractivity contribution in [2.24, 2.45) is 0 Å². The van der Waals surface area contributed by atoms with Crippen LogP contribution in [0.25, 0.3) is 0 Å². The molecule has 0 bridgehead atoms. The Balaban J connectivity index is 2.04. The van der Waals surface area contributed by atoms with Crippen molar-refractivity contribution in [3.8, 4) is 5.75 Å². The zero-order valence-corrected chi connectivity index (χ0v) is 14.5. The standard InChI is InChI=1S/C18H27FN2O3/c1-3-4-9-20-13-18(23)8-5-10-21(17(18)22)12-14-11-15(24-2)6-7-16(14)19/h6-7,11,20,23H,3-5,8-10,12-13H2,1-2H3. The molecule has 1 saturated heterocycles. The molecule has 1 unspecified atom stereocenters. The predicted molar refractivity (Wildman–Crippen MR) is 90.3 cm³/mol. The zero-order chi connectivity index (χ0) is 17.6. The molecular weight excluding hydrogens is 311 g/mol. The van der Waals surface area contributed by atoms with Gasteiger partial charge in [0.25, 0.3) is 5.91 Å².